The standard InChI is InChI=1S/C20H21N2/c1-16-7-5-8-17(13-16)14-21-15-19(18-9-3-2-4-10-18)22-12-6-11-20(21)22/h2-5,7-10,13,15H,6,11-12,14H2,1H3/q+1. The zero-order valence-electron chi connectivity index (χ0n) is 13.0. The van der Waals surface area contributed by atoms with E-state index in [4.69, 9.17) is 0 Å². The van der Waals surface area contributed by atoms with Crippen LogP contribution in [0.2, 0.25) is 0 Å². The number of rotatable bonds is 3. The third kappa shape index (κ3) is 2.35. The zero-order valence-corrected chi connectivity index (χ0v) is 13.0. The summed E-state index contributed by atoms with van der Waals surface area (Å²) >= 11 is 0. The van der Waals surface area contributed by atoms with Crippen LogP contribution in [0.4, 0.5) is 0 Å². The summed E-state index contributed by atoms with van der Waals surface area (Å²) in [6, 6.07) is 19.6. The molecule has 0 spiro atoms. The number of fused-ring (bicyclic) bond motifs is 1. The van der Waals surface area contributed by atoms with Crippen LogP contribution in [0.25, 0.3) is 11.3 Å². The lowest BCUT2D eigenvalue weighted by atomic mass is 10.1. The first-order valence-electron chi connectivity index (χ1n) is 8.04. The van der Waals surface area contributed by atoms with E-state index in [-0.39, 0.29) is 0 Å². The highest BCUT2D eigenvalue weighted by atomic mass is 15.2. The lowest BCUT2D eigenvalue weighted by Gasteiger charge is -2.01. The van der Waals surface area contributed by atoms with Crippen LogP contribution >= 0.6 is 0 Å². The van der Waals surface area contributed by atoms with Crippen molar-refractivity contribution in [2.75, 3.05) is 0 Å². The van der Waals surface area contributed by atoms with Crippen molar-refractivity contribution in [3.05, 3.63) is 77.7 Å². The summed E-state index contributed by atoms with van der Waals surface area (Å²) in [6.07, 6.45) is 4.76. The van der Waals surface area contributed by atoms with Gasteiger partial charge in [-0.1, -0.05) is 60.2 Å². The molecule has 1 aliphatic heterocycles. The molecule has 2 heteroatoms. The summed E-state index contributed by atoms with van der Waals surface area (Å²) in [7, 11) is 0. The quantitative estimate of drug-likeness (QED) is 0.649. The van der Waals surface area contributed by atoms with Crippen molar-refractivity contribution in [1.82, 2.24) is 4.57 Å². The van der Waals surface area contributed by atoms with Crippen molar-refractivity contribution in [2.45, 2.75) is 32.9 Å². The Morgan fingerprint density at radius 2 is 1.91 bits per heavy atom. The minimum atomic E-state index is 0.962. The number of nitrogens with zero attached hydrogens (tertiary/aromatic N) is 2. The molecule has 0 amide bonds. The second-order valence-corrected chi connectivity index (χ2v) is 6.17. The molecular formula is C20H21N2+. The van der Waals surface area contributed by atoms with Crippen molar-refractivity contribution >= 4 is 0 Å². The van der Waals surface area contributed by atoms with Crippen LogP contribution in [0.3, 0.4) is 0 Å². The fourth-order valence-corrected chi connectivity index (χ4v) is 3.49. The summed E-state index contributed by atoms with van der Waals surface area (Å²) < 4.78 is 4.93. The van der Waals surface area contributed by atoms with Gasteiger partial charge in [0.25, 0.3) is 5.82 Å². The summed E-state index contributed by atoms with van der Waals surface area (Å²) in [5.74, 6) is 1.46. The SMILES string of the molecule is Cc1cccc(C[n+]2cc(-c3ccccc3)n3c2CCC3)c1. The fraction of sp³-hybridized carbons (Fsp3) is 0.250. The Morgan fingerprint density at radius 1 is 1.05 bits per heavy atom. The Hall–Kier alpha value is -2.35. The molecule has 2 heterocycles. The third-order valence-corrected chi connectivity index (χ3v) is 4.50. The molecule has 22 heavy (non-hydrogen) atoms. The average Bonchev–Trinajstić information content (AvgIpc) is 3.12. The molecule has 0 atom stereocenters. The third-order valence-electron chi connectivity index (χ3n) is 4.50. The first-order chi connectivity index (χ1) is 10.8. The van der Waals surface area contributed by atoms with Gasteiger partial charge in [-0.25, -0.2) is 9.13 Å². The molecule has 0 aliphatic carbocycles. The van der Waals surface area contributed by atoms with Crippen molar-refractivity contribution < 1.29 is 4.57 Å². The summed E-state index contributed by atoms with van der Waals surface area (Å²) in [5, 5.41) is 0. The Morgan fingerprint density at radius 3 is 2.73 bits per heavy atom. The number of aryl methyl sites for hydroxylation is 1. The number of benzene rings is 2. The van der Waals surface area contributed by atoms with E-state index in [0.29, 0.717) is 0 Å². The van der Waals surface area contributed by atoms with Crippen molar-refractivity contribution in [1.29, 1.82) is 0 Å². The molecule has 0 fully saturated rings. The minimum Gasteiger partial charge on any atom is -0.229 e. The highest BCUT2D eigenvalue weighted by Crippen LogP contribution is 2.24. The number of aromatic nitrogens is 2. The predicted molar refractivity (Wildman–Crippen MR) is 88.7 cm³/mol. The molecule has 0 N–H and O–H groups in total. The van der Waals surface area contributed by atoms with Crippen LogP contribution < -0.4 is 4.57 Å². The fourth-order valence-electron chi connectivity index (χ4n) is 3.49. The number of hydrogen-bond acceptors (Lipinski definition) is 0. The zero-order chi connectivity index (χ0) is 14.9. The first kappa shape index (κ1) is 13.3. The normalized spacial score (nSPS) is 13.3. The van der Waals surface area contributed by atoms with Gasteiger partial charge in [-0.15, -0.1) is 0 Å². The molecule has 1 aliphatic rings. The van der Waals surface area contributed by atoms with Gasteiger partial charge < -0.3 is 0 Å². The largest absolute Gasteiger partial charge is 0.257 e. The van der Waals surface area contributed by atoms with E-state index < -0.39 is 0 Å². The van der Waals surface area contributed by atoms with Crippen molar-refractivity contribution in [2.24, 2.45) is 0 Å². The highest BCUT2D eigenvalue weighted by molar-refractivity contribution is 5.58. The van der Waals surface area contributed by atoms with E-state index in [2.05, 4.69) is 76.9 Å². The van der Waals surface area contributed by atoms with Gasteiger partial charge in [-0.2, -0.15) is 0 Å². The van der Waals surface area contributed by atoms with Gasteiger partial charge in [0.2, 0.25) is 0 Å². The molecule has 0 saturated heterocycles. The number of hydrogen-bond donors (Lipinski definition) is 0. The Bertz CT molecular complexity index is 800. The van der Waals surface area contributed by atoms with Crippen LogP contribution in [-0.4, -0.2) is 4.57 Å². The van der Waals surface area contributed by atoms with Gasteiger partial charge in [0.15, 0.2) is 5.69 Å². The van der Waals surface area contributed by atoms with Gasteiger partial charge >= 0.3 is 0 Å². The van der Waals surface area contributed by atoms with Crippen molar-refractivity contribution in [3.8, 4) is 11.3 Å². The lowest BCUT2D eigenvalue weighted by molar-refractivity contribution is -0.694. The van der Waals surface area contributed by atoms with E-state index in [0.717, 1.165) is 13.1 Å². The van der Waals surface area contributed by atoms with E-state index in [1.54, 1.807) is 0 Å². The van der Waals surface area contributed by atoms with Crippen molar-refractivity contribution in [3.63, 3.8) is 0 Å². The molecule has 3 aromatic rings. The second kappa shape index (κ2) is 5.45. The van der Waals surface area contributed by atoms with Gasteiger partial charge in [-0.3, -0.25) is 0 Å². The molecule has 0 unspecified atom stereocenters. The van der Waals surface area contributed by atoms with Gasteiger partial charge in [0.05, 0.1) is 13.0 Å². The van der Waals surface area contributed by atoms with Gasteiger partial charge in [-0.05, 0) is 18.9 Å². The minimum absolute atomic E-state index is 0.962. The van der Waals surface area contributed by atoms with Crippen LogP contribution in [-0.2, 0) is 19.5 Å². The Labute approximate surface area is 131 Å². The molecule has 110 valence electrons. The van der Waals surface area contributed by atoms with E-state index in [1.165, 1.54) is 41.1 Å². The molecule has 0 radical (unpaired) electrons. The molecule has 4 rings (SSSR count). The van der Waals surface area contributed by atoms with Crippen LogP contribution in [0.15, 0.2) is 60.8 Å². The monoisotopic (exact) mass is 289 g/mol. The first-order valence-corrected chi connectivity index (χ1v) is 8.04. The summed E-state index contributed by atoms with van der Waals surface area (Å²) in [6.45, 7) is 4.26. The molecular weight excluding hydrogens is 268 g/mol. The highest BCUT2D eigenvalue weighted by Gasteiger charge is 2.28. The Kier molecular flexibility index (Phi) is 3.30. The smallest absolute Gasteiger partial charge is 0.229 e. The predicted octanol–water partition coefficient (Wildman–Crippen LogP) is 3.75. The second-order valence-electron chi connectivity index (χ2n) is 6.17. The van der Waals surface area contributed by atoms with E-state index in [1.807, 2.05) is 0 Å². The van der Waals surface area contributed by atoms with Crippen LogP contribution in [0.1, 0.15) is 23.4 Å². The van der Waals surface area contributed by atoms with Crippen LogP contribution in [0, 0.1) is 6.92 Å². The molecule has 1 aromatic heterocycles. The van der Waals surface area contributed by atoms with Gasteiger partial charge in [0, 0.05) is 5.56 Å². The summed E-state index contributed by atoms with van der Waals surface area (Å²) in [5.41, 5.74) is 5.37. The van der Waals surface area contributed by atoms with Crippen LogP contribution in [0.5, 0.6) is 0 Å². The molecule has 0 saturated carbocycles. The summed E-state index contributed by atoms with van der Waals surface area (Å²) in [4.78, 5) is 0. The van der Waals surface area contributed by atoms with E-state index in [9.17, 15) is 0 Å². The maximum Gasteiger partial charge on any atom is 0.257 e. The molecule has 2 nitrogen and oxygen atoms in total. The topological polar surface area (TPSA) is 8.81 Å². The van der Waals surface area contributed by atoms with E-state index >= 15 is 0 Å². The average molecular weight is 289 g/mol. The molecule has 2 aromatic carbocycles. The number of imidazole rings is 1. The maximum atomic E-state index is 2.49. The lowest BCUT2D eigenvalue weighted by Crippen LogP contribution is -2.36. The maximum absolute atomic E-state index is 2.49. The molecule has 0 bridgehead atoms. The van der Waals surface area contributed by atoms with Gasteiger partial charge in [0.1, 0.15) is 12.7 Å². The Balaban J connectivity index is 1.75.